The van der Waals surface area contributed by atoms with Crippen LogP contribution in [-0.2, 0) is 6.54 Å². The van der Waals surface area contributed by atoms with E-state index in [1.165, 1.54) is 37.8 Å². The van der Waals surface area contributed by atoms with Gasteiger partial charge in [0.05, 0.1) is 0 Å². The molecule has 2 atom stereocenters. The third-order valence-electron chi connectivity index (χ3n) is 5.77. The second kappa shape index (κ2) is 5.26. The van der Waals surface area contributed by atoms with Crippen molar-refractivity contribution in [3.63, 3.8) is 0 Å². The molecule has 1 aliphatic heterocycles. The van der Waals surface area contributed by atoms with Gasteiger partial charge in [0, 0.05) is 36.2 Å². The van der Waals surface area contributed by atoms with E-state index in [0.29, 0.717) is 11.6 Å². The lowest BCUT2D eigenvalue weighted by atomic mass is 9.88. The van der Waals surface area contributed by atoms with E-state index >= 15 is 0 Å². The maximum Gasteiger partial charge on any atom is 0.0409 e. The van der Waals surface area contributed by atoms with Crippen molar-refractivity contribution in [1.82, 2.24) is 10.2 Å². The summed E-state index contributed by atoms with van der Waals surface area (Å²) in [7, 11) is 0. The average Bonchev–Trinajstić information content (AvgIpc) is 3.33. The molecule has 1 aromatic rings. The van der Waals surface area contributed by atoms with Crippen LogP contribution in [0.15, 0.2) is 24.3 Å². The SMILES string of the molecule is CC1(C2CC2)CNC(C2CC2)CN1Cc1cccc(Cl)c1. The molecule has 0 radical (unpaired) electrons. The third kappa shape index (κ3) is 2.86. The molecule has 2 aliphatic carbocycles. The summed E-state index contributed by atoms with van der Waals surface area (Å²) in [5.74, 6) is 1.81. The summed E-state index contributed by atoms with van der Waals surface area (Å²) in [5, 5.41) is 4.71. The zero-order valence-electron chi connectivity index (χ0n) is 12.8. The highest BCUT2D eigenvalue weighted by Gasteiger charge is 2.49. The van der Waals surface area contributed by atoms with Crippen LogP contribution in [-0.4, -0.2) is 29.6 Å². The molecule has 0 spiro atoms. The molecule has 0 amide bonds. The van der Waals surface area contributed by atoms with Crippen molar-refractivity contribution in [3.8, 4) is 0 Å². The largest absolute Gasteiger partial charge is 0.311 e. The van der Waals surface area contributed by atoms with E-state index in [9.17, 15) is 0 Å². The van der Waals surface area contributed by atoms with Crippen LogP contribution in [0.2, 0.25) is 5.02 Å². The molecule has 3 fully saturated rings. The number of nitrogens with one attached hydrogen (secondary N) is 1. The molecule has 0 bridgehead atoms. The van der Waals surface area contributed by atoms with Crippen LogP contribution < -0.4 is 5.32 Å². The average molecular weight is 305 g/mol. The van der Waals surface area contributed by atoms with Crippen LogP contribution in [0.5, 0.6) is 0 Å². The van der Waals surface area contributed by atoms with Crippen molar-refractivity contribution < 1.29 is 0 Å². The molecule has 3 aliphatic rings. The van der Waals surface area contributed by atoms with Crippen LogP contribution >= 0.6 is 11.6 Å². The summed E-state index contributed by atoms with van der Waals surface area (Å²) in [6, 6.07) is 9.09. The fraction of sp³-hybridized carbons (Fsp3) is 0.667. The lowest BCUT2D eigenvalue weighted by molar-refractivity contribution is 0.0234. The monoisotopic (exact) mass is 304 g/mol. The molecular weight excluding hydrogens is 280 g/mol. The zero-order chi connectivity index (χ0) is 14.4. The summed E-state index contributed by atoms with van der Waals surface area (Å²) in [6.07, 6.45) is 5.64. The Labute approximate surface area is 132 Å². The van der Waals surface area contributed by atoms with Crippen LogP contribution in [0.25, 0.3) is 0 Å². The number of hydrogen-bond acceptors (Lipinski definition) is 2. The summed E-state index contributed by atoms with van der Waals surface area (Å²) in [5.41, 5.74) is 1.68. The molecule has 21 heavy (non-hydrogen) atoms. The fourth-order valence-corrected chi connectivity index (χ4v) is 4.20. The first kappa shape index (κ1) is 14.0. The first-order chi connectivity index (χ1) is 10.1. The molecule has 1 aromatic carbocycles. The predicted octanol–water partition coefficient (Wildman–Crippen LogP) is 3.69. The number of piperazine rings is 1. The van der Waals surface area contributed by atoms with Crippen LogP contribution in [0.3, 0.4) is 0 Å². The first-order valence-electron chi connectivity index (χ1n) is 8.38. The van der Waals surface area contributed by atoms with E-state index < -0.39 is 0 Å². The molecule has 2 unspecified atom stereocenters. The van der Waals surface area contributed by atoms with E-state index in [4.69, 9.17) is 11.6 Å². The van der Waals surface area contributed by atoms with Gasteiger partial charge in [-0.25, -0.2) is 0 Å². The Kier molecular flexibility index (Phi) is 3.52. The number of nitrogens with zero attached hydrogens (tertiary/aromatic N) is 1. The van der Waals surface area contributed by atoms with Crippen LogP contribution in [0, 0.1) is 11.8 Å². The summed E-state index contributed by atoms with van der Waals surface area (Å²) in [6.45, 7) is 5.85. The van der Waals surface area contributed by atoms with Crippen molar-refractivity contribution in [2.45, 2.75) is 50.7 Å². The summed E-state index contributed by atoms with van der Waals surface area (Å²) >= 11 is 6.17. The van der Waals surface area contributed by atoms with E-state index in [0.717, 1.165) is 29.9 Å². The Morgan fingerprint density at radius 3 is 2.76 bits per heavy atom. The molecular formula is C18H25ClN2. The van der Waals surface area contributed by atoms with Crippen LogP contribution in [0.1, 0.15) is 38.2 Å². The topological polar surface area (TPSA) is 15.3 Å². The fourth-order valence-electron chi connectivity index (χ4n) is 3.98. The number of benzene rings is 1. The molecule has 4 rings (SSSR count). The third-order valence-corrected chi connectivity index (χ3v) is 6.01. The van der Waals surface area contributed by atoms with Gasteiger partial charge >= 0.3 is 0 Å². The van der Waals surface area contributed by atoms with Gasteiger partial charge in [-0.2, -0.15) is 0 Å². The lowest BCUT2D eigenvalue weighted by Gasteiger charge is -2.49. The van der Waals surface area contributed by atoms with Gasteiger partial charge in [-0.1, -0.05) is 23.7 Å². The Morgan fingerprint density at radius 2 is 2.10 bits per heavy atom. The maximum atomic E-state index is 6.17. The van der Waals surface area contributed by atoms with E-state index in [1.54, 1.807) is 0 Å². The molecule has 3 heteroatoms. The zero-order valence-corrected chi connectivity index (χ0v) is 13.6. The Balaban J connectivity index is 1.54. The predicted molar refractivity (Wildman–Crippen MR) is 87.5 cm³/mol. The van der Waals surface area contributed by atoms with Crippen molar-refractivity contribution in [3.05, 3.63) is 34.9 Å². The van der Waals surface area contributed by atoms with Crippen molar-refractivity contribution in [2.75, 3.05) is 13.1 Å². The molecule has 2 saturated carbocycles. The molecule has 2 nitrogen and oxygen atoms in total. The minimum Gasteiger partial charge on any atom is -0.311 e. The van der Waals surface area contributed by atoms with E-state index in [1.807, 2.05) is 6.07 Å². The van der Waals surface area contributed by atoms with E-state index in [-0.39, 0.29) is 0 Å². The van der Waals surface area contributed by atoms with Gasteiger partial charge in [0.15, 0.2) is 0 Å². The highest BCUT2D eigenvalue weighted by atomic mass is 35.5. The van der Waals surface area contributed by atoms with Crippen molar-refractivity contribution in [2.24, 2.45) is 11.8 Å². The van der Waals surface area contributed by atoms with Gasteiger partial charge in [0.25, 0.3) is 0 Å². The van der Waals surface area contributed by atoms with Gasteiger partial charge in [0.1, 0.15) is 0 Å². The van der Waals surface area contributed by atoms with Gasteiger partial charge in [-0.3, -0.25) is 4.90 Å². The number of rotatable bonds is 4. The highest BCUT2D eigenvalue weighted by Crippen LogP contribution is 2.46. The van der Waals surface area contributed by atoms with Crippen molar-refractivity contribution in [1.29, 1.82) is 0 Å². The van der Waals surface area contributed by atoms with Gasteiger partial charge in [-0.05, 0) is 62.1 Å². The number of halogens is 1. The molecule has 1 saturated heterocycles. The summed E-state index contributed by atoms with van der Waals surface area (Å²) in [4.78, 5) is 2.75. The molecule has 1 heterocycles. The first-order valence-corrected chi connectivity index (χ1v) is 8.76. The molecule has 1 N–H and O–H groups in total. The molecule has 0 aromatic heterocycles. The minimum absolute atomic E-state index is 0.327. The van der Waals surface area contributed by atoms with Crippen LogP contribution in [0.4, 0.5) is 0 Å². The maximum absolute atomic E-state index is 6.17. The van der Waals surface area contributed by atoms with Crippen molar-refractivity contribution >= 4 is 11.6 Å². The Morgan fingerprint density at radius 1 is 1.29 bits per heavy atom. The summed E-state index contributed by atoms with van der Waals surface area (Å²) < 4.78 is 0. The quantitative estimate of drug-likeness (QED) is 0.912. The Hall–Kier alpha value is -0.570. The minimum atomic E-state index is 0.327. The second-order valence-electron chi connectivity index (χ2n) is 7.47. The highest BCUT2D eigenvalue weighted by molar-refractivity contribution is 6.30. The standard InChI is InChI=1S/C18H25ClN2/c1-18(15-7-8-15)12-20-17(14-5-6-14)11-21(18)10-13-3-2-4-16(19)9-13/h2-4,9,14-15,17,20H,5-8,10-12H2,1H3. The van der Waals surface area contributed by atoms with E-state index in [2.05, 4.69) is 35.3 Å². The smallest absolute Gasteiger partial charge is 0.0409 e. The number of hydrogen-bond donors (Lipinski definition) is 1. The second-order valence-corrected chi connectivity index (χ2v) is 7.90. The Bertz CT molecular complexity index is 524. The molecule has 114 valence electrons. The lowest BCUT2D eigenvalue weighted by Crippen LogP contribution is -2.64. The normalized spacial score (nSPS) is 34.1. The van der Waals surface area contributed by atoms with Gasteiger partial charge < -0.3 is 5.32 Å². The van der Waals surface area contributed by atoms with Gasteiger partial charge in [0.2, 0.25) is 0 Å². The van der Waals surface area contributed by atoms with Gasteiger partial charge in [-0.15, -0.1) is 0 Å².